The van der Waals surface area contributed by atoms with E-state index in [1.54, 1.807) is 7.05 Å². The molecule has 0 aliphatic heterocycles. The van der Waals surface area contributed by atoms with E-state index in [1.165, 1.54) is 13.8 Å². The Bertz CT molecular complexity index is 740. The molecular formula is C13H23ClFN3O4S2. The summed E-state index contributed by atoms with van der Waals surface area (Å²) in [6.45, 7) is 3.77. The summed E-state index contributed by atoms with van der Waals surface area (Å²) in [6.07, 6.45) is 0.588. The van der Waals surface area contributed by atoms with Crippen molar-refractivity contribution in [1.82, 2.24) is 10.0 Å². The third-order valence-electron chi connectivity index (χ3n) is 3.02. The van der Waals surface area contributed by atoms with Crippen LogP contribution >= 0.6 is 12.4 Å². The highest BCUT2D eigenvalue weighted by atomic mass is 35.5. The van der Waals surface area contributed by atoms with Crippen molar-refractivity contribution in [2.24, 2.45) is 0 Å². The lowest BCUT2D eigenvalue weighted by molar-refractivity contribution is 0.574. The minimum Gasteiger partial charge on any atom is -0.320 e. The first-order chi connectivity index (χ1) is 10.6. The van der Waals surface area contributed by atoms with E-state index in [2.05, 4.69) is 14.8 Å². The van der Waals surface area contributed by atoms with Gasteiger partial charge in [0.1, 0.15) is 5.82 Å². The first-order valence-electron chi connectivity index (χ1n) is 7.05. The molecule has 1 rings (SSSR count). The second-order valence-corrected chi connectivity index (χ2v) is 9.20. The number of hydrogen-bond acceptors (Lipinski definition) is 5. The zero-order valence-electron chi connectivity index (χ0n) is 13.7. The van der Waals surface area contributed by atoms with Gasteiger partial charge >= 0.3 is 0 Å². The van der Waals surface area contributed by atoms with Crippen LogP contribution in [0.2, 0.25) is 0 Å². The minimum absolute atomic E-state index is 0. The van der Waals surface area contributed by atoms with Crippen LogP contribution in [0.5, 0.6) is 0 Å². The number of benzene rings is 1. The van der Waals surface area contributed by atoms with Gasteiger partial charge in [0.15, 0.2) is 0 Å². The molecule has 140 valence electrons. The van der Waals surface area contributed by atoms with E-state index in [1.807, 2.05) is 0 Å². The lowest BCUT2D eigenvalue weighted by Crippen LogP contribution is -2.27. The maximum absolute atomic E-state index is 14.0. The van der Waals surface area contributed by atoms with Gasteiger partial charge in [-0.1, -0.05) is 0 Å². The second-order valence-electron chi connectivity index (χ2n) is 5.19. The van der Waals surface area contributed by atoms with Crippen LogP contribution in [0.4, 0.5) is 10.1 Å². The molecule has 0 aliphatic rings. The van der Waals surface area contributed by atoms with E-state index in [4.69, 9.17) is 0 Å². The second kappa shape index (κ2) is 9.52. The summed E-state index contributed by atoms with van der Waals surface area (Å²) in [6, 6.07) is 3.04. The summed E-state index contributed by atoms with van der Waals surface area (Å²) in [5.41, 5.74) is -0.284. The van der Waals surface area contributed by atoms with Crippen LogP contribution in [-0.4, -0.2) is 42.2 Å². The van der Waals surface area contributed by atoms with Gasteiger partial charge in [0.2, 0.25) is 20.0 Å². The van der Waals surface area contributed by atoms with Crippen LogP contribution in [0.15, 0.2) is 23.1 Å². The summed E-state index contributed by atoms with van der Waals surface area (Å²) < 4.78 is 65.9. The molecule has 0 bridgehead atoms. The molecule has 24 heavy (non-hydrogen) atoms. The molecule has 7 nitrogen and oxygen atoms in total. The van der Waals surface area contributed by atoms with Crippen molar-refractivity contribution in [1.29, 1.82) is 0 Å². The van der Waals surface area contributed by atoms with Gasteiger partial charge in [-0.3, -0.25) is 4.72 Å². The molecule has 1 aromatic rings. The van der Waals surface area contributed by atoms with E-state index in [9.17, 15) is 21.2 Å². The number of rotatable bonds is 9. The average Bonchev–Trinajstić information content (AvgIpc) is 2.45. The first-order valence-corrected chi connectivity index (χ1v) is 10.1. The summed E-state index contributed by atoms with van der Waals surface area (Å²) in [4.78, 5) is -0.257. The Morgan fingerprint density at radius 3 is 2.25 bits per heavy atom. The fourth-order valence-corrected chi connectivity index (χ4v) is 3.37. The van der Waals surface area contributed by atoms with Gasteiger partial charge in [-0.2, -0.15) is 0 Å². The Labute approximate surface area is 148 Å². The molecule has 1 aromatic carbocycles. The molecule has 0 aliphatic carbocycles. The molecule has 0 fully saturated rings. The van der Waals surface area contributed by atoms with Gasteiger partial charge in [-0.15, -0.1) is 12.4 Å². The lowest BCUT2D eigenvalue weighted by atomic mass is 10.3. The molecule has 3 N–H and O–H groups in total. The van der Waals surface area contributed by atoms with Gasteiger partial charge in [0.05, 0.1) is 15.8 Å². The van der Waals surface area contributed by atoms with Crippen LogP contribution in [0, 0.1) is 5.82 Å². The third-order valence-corrected chi connectivity index (χ3v) is 6.22. The van der Waals surface area contributed by atoms with Gasteiger partial charge in [-0.05, 0) is 52.1 Å². The smallest absolute Gasteiger partial charge is 0.240 e. The highest BCUT2D eigenvalue weighted by Gasteiger charge is 2.20. The maximum Gasteiger partial charge on any atom is 0.240 e. The van der Waals surface area contributed by atoms with E-state index in [-0.39, 0.29) is 29.5 Å². The quantitative estimate of drug-likeness (QED) is 0.539. The van der Waals surface area contributed by atoms with Gasteiger partial charge in [-0.25, -0.2) is 25.9 Å². The molecule has 0 saturated carbocycles. The standard InChI is InChI=1S/C13H22FN3O4S2.ClH/c1-10(2)22(18,19)17-13-6-5-11(9-12(13)14)23(20,21)16-8-4-7-15-3;/h5-6,9-10,15-17H,4,7-8H2,1-3H3;1H. The van der Waals surface area contributed by atoms with Crippen LogP contribution < -0.4 is 14.8 Å². The number of halogens is 2. The van der Waals surface area contributed by atoms with Crippen molar-refractivity contribution in [3.8, 4) is 0 Å². The lowest BCUT2D eigenvalue weighted by Gasteiger charge is -2.12. The van der Waals surface area contributed by atoms with Gasteiger partial charge < -0.3 is 5.32 Å². The Hall–Kier alpha value is -0.940. The average molecular weight is 404 g/mol. The number of anilines is 1. The molecule has 0 amide bonds. The van der Waals surface area contributed by atoms with E-state index < -0.39 is 31.1 Å². The SMILES string of the molecule is CNCCCNS(=O)(=O)c1ccc(NS(=O)(=O)C(C)C)c(F)c1.Cl. The maximum atomic E-state index is 14.0. The van der Waals surface area contributed by atoms with Crippen molar-refractivity contribution in [3.63, 3.8) is 0 Å². The fourth-order valence-electron chi connectivity index (χ4n) is 1.57. The number of nitrogens with one attached hydrogen (secondary N) is 3. The molecule has 11 heteroatoms. The number of hydrogen-bond donors (Lipinski definition) is 3. The van der Waals surface area contributed by atoms with Gasteiger partial charge in [0.25, 0.3) is 0 Å². The molecule has 0 aromatic heterocycles. The Balaban J connectivity index is 0.00000529. The molecule has 0 radical (unpaired) electrons. The number of sulfonamides is 2. The fraction of sp³-hybridized carbons (Fsp3) is 0.538. The zero-order valence-corrected chi connectivity index (χ0v) is 16.1. The Morgan fingerprint density at radius 1 is 1.12 bits per heavy atom. The van der Waals surface area contributed by atoms with Crippen molar-refractivity contribution >= 4 is 38.1 Å². The van der Waals surface area contributed by atoms with Crippen LogP contribution in [-0.2, 0) is 20.0 Å². The predicted octanol–water partition coefficient (Wildman–Crippen LogP) is 1.29. The van der Waals surface area contributed by atoms with E-state index in [0.717, 1.165) is 18.2 Å². The Morgan fingerprint density at radius 2 is 1.75 bits per heavy atom. The highest BCUT2D eigenvalue weighted by molar-refractivity contribution is 7.93. The molecule has 0 atom stereocenters. The summed E-state index contributed by atoms with van der Waals surface area (Å²) in [5, 5.41) is 2.14. The van der Waals surface area contributed by atoms with Crippen LogP contribution in [0.3, 0.4) is 0 Å². The first kappa shape index (κ1) is 23.1. The molecule has 0 unspecified atom stereocenters. The van der Waals surface area contributed by atoms with Crippen molar-refractivity contribution in [3.05, 3.63) is 24.0 Å². The van der Waals surface area contributed by atoms with Crippen LogP contribution in [0.25, 0.3) is 0 Å². The largest absolute Gasteiger partial charge is 0.320 e. The molecular weight excluding hydrogens is 381 g/mol. The Kier molecular flexibility index (Phi) is 9.15. The molecule has 0 saturated heterocycles. The van der Waals surface area contributed by atoms with Crippen molar-refractivity contribution in [2.45, 2.75) is 30.4 Å². The van der Waals surface area contributed by atoms with E-state index >= 15 is 0 Å². The predicted molar refractivity (Wildman–Crippen MR) is 95.1 cm³/mol. The molecule has 0 heterocycles. The summed E-state index contributed by atoms with van der Waals surface area (Å²) >= 11 is 0. The molecule has 0 spiro atoms. The van der Waals surface area contributed by atoms with Crippen molar-refractivity contribution < 1.29 is 21.2 Å². The normalized spacial score (nSPS) is 12.0. The van der Waals surface area contributed by atoms with E-state index in [0.29, 0.717) is 13.0 Å². The van der Waals surface area contributed by atoms with Gasteiger partial charge in [0, 0.05) is 6.54 Å². The summed E-state index contributed by atoms with van der Waals surface area (Å²) in [7, 11) is -5.79. The monoisotopic (exact) mass is 403 g/mol. The highest BCUT2D eigenvalue weighted by Crippen LogP contribution is 2.21. The topological polar surface area (TPSA) is 104 Å². The summed E-state index contributed by atoms with van der Waals surface area (Å²) in [5.74, 6) is -0.952. The third kappa shape index (κ3) is 6.52. The zero-order chi connectivity index (χ0) is 17.7. The van der Waals surface area contributed by atoms with Crippen molar-refractivity contribution in [2.75, 3.05) is 24.9 Å². The minimum atomic E-state index is -3.84. The van der Waals surface area contributed by atoms with Crippen LogP contribution in [0.1, 0.15) is 20.3 Å².